The molecule has 1 N–H and O–H groups in total. The minimum atomic E-state index is -0.595. The van der Waals surface area contributed by atoms with Crippen molar-refractivity contribution in [2.75, 3.05) is 0 Å². The van der Waals surface area contributed by atoms with Crippen LogP contribution in [0.2, 0.25) is 5.02 Å². The molecule has 1 heterocycles. The molecule has 3 rings (SSSR count). The van der Waals surface area contributed by atoms with Gasteiger partial charge in [0.2, 0.25) is 0 Å². The highest BCUT2D eigenvalue weighted by Crippen LogP contribution is 2.27. The molecule has 0 fully saturated rings. The number of hydrogen-bond acceptors (Lipinski definition) is 2. The number of rotatable bonds is 3. The van der Waals surface area contributed by atoms with Crippen LogP contribution < -0.4 is 0 Å². The van der Waals surface area contributed by atoms with Crippen molar-refractivity contribution in [3.05, 3.63) is 76.9 Å². The third kappa shape index (κ3) is 2.53. The van der Waals surface area contributed by atoms with Crippen LogP contribution in [0.3, 0.4) is 0 Å². The normalized spacial score (nSPS) is 12.5. The summed E-state index contributed by atoms with van der Waals surface area (Å²) in [4.78, 5) is 4.31. The average molecular weight is 284 g/mol. The molecular weight excluding hydrogens is 270 g/mol. The summed E-state index contributed by atoms with van der Waals surface area (Å²) in [6.45, 7) is 0. The summed E-state index contributed by atoms with van der Waals surface area (Å²) >= 11 is 6.15. The average Bonchev–Trinajstić information content (AvgIpc) is 2.49. The molecule has 0 amide bonds. The number of pyridine rings is 1. The Morgan fingerprint density at radius 3 is 2.70 bits per heavy atom. The molecule has 0 spiro atoms. The lowest BCUT2D eigenvalue weighted by Gasteiger charge is -2.14. The summed E-state index contributed by atoms with van der Waals surface area (Å²) in [5.41, 5.74) is 2.72. The number of hydrogen-bond donors (Lipinski definition) is 1. The molecule has 1 aromatic heterocycles. The van der Waals surface area contributed by atoms with Gasteiger partial charge in [0.25, 0.3) is 0 Å². The van der Waals surface area contributed by atoms with E-state index in [1.165, 1.54) is 0 Å². The number of halogens is 1. The molecule has 2 nitrogen and oxygen atoms in total. The molecule has 0 bridgehead atoms. The Hall–Kier alpha value is -1.90. The molecule has 1 unspecified atom stereocenters. The van der Waals surface area contributed by atoms with Gasteiger partial charge in [-0.3, -0.25) is 4.98 Å². The van der Waals surface area contributed by atoms with Crippen LogP contribution in [-0.2, 0) is 6.42 Å². The van der Waals surface area contributed by atoms with E-state index in [9.17, 15) is 5.11 Å². The van der Waals surface area contributed by atoms with Crippen molar-refractivity contribution in [1.29, 1.82) is 0 Å². The van der Waals surface area contributed by atoms with Crippen molar-refractivity contribution in [3.63, 3.8) is 0 Å². The van der Waals surface area contributed by atoms with Crippen molar-refractivity contribution < 1.29 is 5.11 Å². The second-order valence-corrected chi connectivity index (χ2v) is 5.14. The van der Waals surface area contributed by atoms with Gasteiger partial charge < -0.3 is 5.11 Å². The Morgan fingerprint density at radius 2 is 1.85 bits per heavy atom. The maximum absolute atomic E-state index is 10.5. The monoisotopic (exact) mass is 283 g/mol. The fourth-order valence-corrected chi connectivity index (χ4v) is 2.61. The van der Waals surface area contributed by atoms with Crippen molar-refractivity contribution in [2.45, 2.75) is 12.5 Å². The molecule has 1 atom stereocenters. The van der Waals surface area contributed by atoms with E-state index in [0.29, 0.717) is 11.4 Å². The maximum Gasteiger partial charge on any atom is 0.0837 e. The number of aliphatic hydroxyl groups excluding tert-OH is 1. The molecule has 0 saturated heterocycles. The van der Waals surface area contributed by atoms with Gasteiger partial charge in [-0.15, -0.1) is 0 Å². The molecular formula is C17H14ClNO. The van der Waals surface area contributed by atoms with E-state index in [-0.39, 0.29) is 0 Å². The number of nitrogens with zero attached hydrogens (tertiary/aromatic N) is 1. The Balaban J connectivity index is 1.97. The fraction of sp³-hybridized carbons (Fsp3) is 0.118. The van der Waals surface area contributed by atoms with Gasteiger partial charge in [0, 0.05) is 23.0 Å². The highest BCUT2D eigenvalue weighted by atomic mass is 35.5. The SMILES string of the molecule is OC(Cc1ccccc1Cl)c1cccc2ncccc12. The quantitative estimate of drug-likeness (QED) is 0.783. The largest absolute Gasteiger partial charge is 0.388 e. The van der Waals surface area contributed by atoms with Gasteiger partial charge in [-0.1, -0.05) is 48.0 Å². The molecule has 0 aliphatic carbocycles. The second-order valence-electron chi connectivity index (χ2n) is 4.73. The third-order valence-electron chi connectivity index (χ3n) is 3.41. The lowest BCUT2D eigenvalue weighted by Crippen LogP contribution is -2.03. The van der Waals surface area contributed by atoms with Crippen molar-refractivity contribution in [2.24, 2.45) is 0 Å². The standard InChI is InChI=1S/C17H14ClNO/c18-15-8-2-1-5-12(15)11-17(20)14-6-3-9-16-13(14)7-4-10-19-16/h1-10,17,20H,11H2. The third-order valence-corrected chi connectivity index (χ3v) is 3.78. The predicted octanol–water partition coefficient (Wildman–Crippen LogP) is 4.16. The Labute approximate surface area is 122 Å². The van der Waals surface area contributed by atoms with Gasteiger partial charge in [-0.25, -0.2) is 0 Å². The van der Waals surface area contributed by atoms with Crippen LogP contribution in [0, 0.1) is 0 Å². The Kier molecular flexibility index (Phi) is 3.68. The zero-order valence-corrected chi connectivity index (χ0v) is 11.6. The highest BCUT2D eigenvalue weighted by molar-refractivity contribution is 6.31. The minimum absolute atomic E-state index is 0.494. The summed E-state index contributed by atoms with van der Waals surface area (Å²) in [5, 5.41) is 12.2. The molecule has 0 aliphatic heterocycles. The first-order chi connectivity index (χ1) is 9.75. The van der Waals surface area contributed by atoms with Gasteiger partial charge in [-0.05, 0) is 29.3 Å². The van der Waals surface area contributed by atoms with Crippen LogP contribution in [0.15, 0.2) is 60.8 Å². The topological polar surface area (TPSA) is 33.1 Å². The first kappa shape index (κ1) is 13.1. The number of benzene rings is 2. The van der Waals surface area contributed by atoms with Gasteiger partial charge in [0.05, 0.1) is 11.6 Å². The van der Waals surface area contributed by atoms with Crippen LogP contribution in [-0.4, -0.2) is 10.1 Å². The zero-order valence-electron chi connectivity index (χ0n) is 10.8. The van der Waals surface area contributed by atoms with Gasteiger partial charge >= 0.3 is 0 Å². The van der Waals surface area contributed by atoms with E-state index >= 15 is 0 Å². The number of fused-ring (bicyclic) bond motifs is 1. The molecule has 2 aromatic carbocycles. The molecule has 0 aliphatic rings. The summed E-state index contributed by atoms with van der Waals surface area (Å²) in [6, 6.07) is 17.3. The molecule has 0 radical (unpaired) electrons. The zero-order chi connectivity index (χ0) is 13.9. The lowest BCUT2D eigenvalue weighted by molar-refractivity contribution is 0.180. The van der Waals surface area contributed by atoms with E-state index in [1.54, 1.807) is 6.20 Å². The molecule has 100 valence electrons. The fourth-order valence-electron chi connectivity index (χ4n) is 2.40. The Bertz CT molecular complexity index is 736. The van der Waals surface area contributed by atoms with Crippen molar-refractivity contribution in [1.82, 2.24) is 4.98 Å². The smallest absolute Gasteiger partial charge is 0.0837 e. The van der Waals surface area contributed by atoms with Crippen LogP contribution in [0.1, 0.15) is 17.2 Å². The van der Waals surface area contributed by atoms with Crippen LogP contribution in [0.5, 0.6) is 0 Å². The number of aromatic nitrogens is 1. The Morgan fingerprint density at radius 1 is 1.00 bits per heavy atom. The summed E-state index contributed by atoms with van der Waals surface area (Å²) in [5.74, 6) is 0. The van der Waals surface area contributed by atoms with Crippen LogP contribution in [0.25, 0.3) is 10.9 Å². The van der Waals surface area contributed by atoms with Gasteiger partial charge in [-0.2, -0.15) is 0 Å². The lowest BCUT2D eigenvalue weighted by atomic mass is 9.98. The molecule has 3 heteroatoms. The van der Waals surface area contributed by atoms with Crippen molar-refractivity contribution >= 4 is 22.5 Å². The molecule has 20 heavy (non-hydrogen) atoms. The summed E-state index contributed by atoms with van der Waals surface area (Å²) < 4.78 is 0. The van der Waals surface area contributed by atoms with Gasteiger partial charge in [0.1, 0.15) is 0 Å². The summed E-state index contributed by atoms with van der Waals surface area (Å²) in [6.07, 6.45) is 1.66. The van der Waals surface area contributed by atoms with E-state index < -0.39 is 6.10 Å². The van der Waals surface area contributed by atoms with Crippen LogP contribution >= 0.6 is 11.6 Å². The van der Waals surface area contributed by atoms with E-state index in [4.69, 9.17) is 11.6 Å². The minimum Gasteiger partial charge on any atom is -0.388 e. The van der Waals surface area contributed by atoms with Crippen molar-refractivity contribution in [3.8, 4) is 0 Å². The van der Waals surface area contributed by atoms with E-state index in [0.717, 1.165) is 22.0 Å². The van der Waals surface area contributed by atoms with E-state index in [2.05, 4.69) is 4.98 Å². The molecule has 0 saturated carbocycles. The first-order valence-electron chi connectivity index (χ1n) is 6.51. The predicted molar refractivity (Wildman–Crippen MR) is 81.9 cm³/mol. The second kappa shape index (κ2) is 5.61. The van der Waals surface area contributed by atoms with Crippen LogP contribution in [0.4, 0.5) is 0 Å². The first-order valence-corrected chi connectivity index (χ1v) is 6.88. The number of aliphatic hydroxyl groups is 1. The highest BCUT2D eigenvalue weighted by Gasteiger charge is 2.13. The van der Waals surface area contributed by atoms with Gasteiger partial charge in [0.15, 0.2) is 0 Å². The maximum atomic E-state index is 10.5. The summed E-state index contributed by atoms with van der Waals surface area (Å²) in [7, 11) is 0. The van der Waals surface area contributed by atoms with E-state index in [1.807, 2.05) is 54.6 Å². The molecule has 3 aromatic rings.